The van der Waals surface area contributed by atoms with E-state index in [4.69, 9.17) is 14.6 Å². The maximum Gasteiger partial charge on any atom is 0.335 e. The molecule has 1 fully saturated rings. The topological polar surface area (TPSA) is 89.9 Å². The number of aromatic carboxylic acids is 1. The van der Waals surface area contributed by atoms with Gasteiger partial charge >= 0.3 is 17.9 Å². The van der Waals surface area contributed by atoms with Gasteiger partial charge in [0.15, 0.2) is 0 Å². The lowest BCUT2D eigenvalue weighted by Crippen LogP contribution is -2.33. The zero-order chi connectivity index (χ0) is 16.3. The highest BCUT2D eigenvalue weighted by atomic mass is 32.2. The molecule has 1 aromatic carbocycles. The van der Waals surface area contributed by atoms with Crippen molar-refractivity contribution >= 4 is 41.4 Å². The number of hydrogen-bond acceptors (Lipinski definition) is 7. The highest BCUT2D eigenvalue weighted by Gasteiger charge is 2.46. The van der Waals surface area contributed by atoms with Crippen LogP contribution in [0.25, 0.3) is 0 Å². The molecular weight excluding hydrogens is 328 g/mol. The second-order valence-electron chi connectivity index (χ2n) is 4.42. The highest BCUT2D eigenvalue weighted by Crippen LogP contribution is 2.54. The Kier molecular flexibility index (Phi) is 5.36. The maximum atomic E-state index is 11.8. The van der Waals surface area contributed by atoms with E-state index in [1.165, 1.54) is 49.9 Å². The summed E-state index contributed by atoms with van der Waals surface area (Å²) >= 11 is 2.61. The number of hydrogen-bond donors (Lipinski definition) is 1. The fraction of sp³-hybridized carbons (Fsp3) is 0.357. The molecule has 22 heavy (non-hydrogen) atoms. The Labute approximate surface area is 135 Å². The van der Waals surface area contributed by atoms with Crippen molar-refractivity contribution in [2.75, 3.05) is 14.2 Å². The Morgan fingerprint density at radius 2 is 1.41 bits per heavy atom. The quantitative estimate of drug-likeness (QED) is 0.831. The molecule has 0 saturated carbocycles. The van der Waals surface area contributed by atoms with Crippen molar-refractivity contribution in [3.63, 3.8) is 0 Å². The minimum absolute atomic E-state index is 0.170. The van der Waals surface area contributed by atoms with Crippen molar-refractivity contribution in [2.45, 2.75) is 15.1 Å². The van der Waals surface area contributed by atoms with Crippen LogP contribution in [0, 0.1) is 0 Å². The summed E-state index contributed by atoms with van der Waals surface area (Å²) in [5, 5.41) is 7.61. The van der Waals surface area contributed by atoms with Crippen LogP contribution in [0.4, 0.5) is 0 Å². The van der Waals surface area contributed by atoms with Gasteiger partial charge < -0.3 is 14.6 Å². The van der Waals surface area contributed by atoms with Gasteiger partial charge in [-0.25, -0.2) is 4.79 Å². The number of ether oxygens (including phenoxy) is 2. The third kappa shape index (κ3) is 3.38. The highest BCUT2D eigenvalue weighted by molar-refractivity contribution is 8.21. The van der Waals surface area contributed by atoms with E-state index in [0.29, 0.717) is 0 Å². The van der Waals surface area contributed by atoms with Gasteiger partial charge in [-0.15, -0.1) is 23.5 Å². The van der Waals surface area contributed by atoms with E-state index in [9.17, 15) is 14.4 Å². The SMILES string of the molecule is COC(=O)C1SC(c2ccc(C(=O)O)cc2)SC1C(=O)OC. The molecule has 1 N–H and O–H groups in total. The van der Waals surface area contributed by atoms with Gasteiger partial charge in [0.1, 0.15) is 10.5 Å². The van der Waals surface area contributed by atoms with Crippen LogP contribution in [0.3, 0.4) is 0 Å². The fourth-order valence-corrected chi connectivity index (χ4v) is 5.41. The summed E-state index contributed by atoms with van der Waals surface area (Å²) < 4.78 is 9.30. The Morgan fingerprint density at radius 1 is 0.955 bits per heavy atom. The number of carbonyl (C=O) groups is 3. The third-order valence-corrected chi connectivity index (χ3v) is 6.51. The number of esters is 2. The predicted molar refractivity (Wildman–Crippen MR) is 82.9 cm³/mol. The molecule has 6 nitrogen and oxygen atoms in total. The first-order valence-corrected chi connectivity index (χ1v) is 8.16. The van der Waals surface area contributed by atoms with Crippen LogP contribution >= 0.6 is 23.5 Å². The average Bonchev–Trinajstić information content (AvgIpc) is 2.98. The number of rotatable bonds is 4. The van der Waals surface area contributed by atoms with E-state index in [2.05, 4.69) is 0 Å². The maximum absolute atomic E-state index is 11.8. The molecule has 1 saturated heterocycles. The lowest BCUT2D eigenvalue weighted by Gasteiger charge is -2.12. The number of thioether (sulfide) groups is 2. The summed E-state index contributed by atoms with van der Waals surface area (Å²) in [5.74, 6) is -1.95. The molecule has 1 heterocycles. The van der Waals surface area contributed by atoms with E-state index in [1.54, 1.807) is 12.1 Å². The van der Waals surface area contributed by atoms with Crippen LogP contribution < -0.4 is 0 Å². The van der Waals surface area contributed by atoms with Crippen LogP contribution in [0.1, 0.15) is 20.5 Å². The molecule has 0 spiro atoms. The number of carboxylic acid groups (broad SMARTS) is 1. The first-order valence-electron chi connectivity index (χ1n) is 6.27. The van der Waals surface area contributed by atoms with E-state index in [1.807, 2.05) is 0 Å². The summed E-state index contributed by atoms with van der Waals surface area (Å²) in [5.41, 5.74) is 1.02. The minimum Gasteiger partial charge on any atom is -0.478 e. The molecule has 0 radical (unpaired) electrons. The van der Waals surface area contributed by atoms with Gasteiger partial charge in [0.2, 0.25) is 0 Å². The van der Waals surface area contributed by atoms with Crippen molar-refractivity contribution in [1.29, 1.82) is 0 Å². The molecular formula is C14H14O6S2. The van der Waals surface area contributed by atoms with Crippen LogP contribution in [-0.2, 0) is 19.1 Å². The Balaban J connectivity index is 2.21. The molecule has 1 aliphatic rings. The van der Waals surface area contributed by atoms with Crippen LogP contribution in [0.2, 0.25) is 0 Å². The molecule has 1 aliphatic heterocycles. The van der Waals surface area contributed by atoms with Crippen molar-refractivity contribution < 1.29 is 29.0 Å². The van der Waals surface area contributed by atoms with Gasteiger partial charge in [0, 0.05) is 0 Å². The summed E-state index contributed by atoms with van der Waals surface area (Å²) in [7, 11) is 2.55. The third-order valence-electron chi connectivity index (χ3n) is 3.11. The van der Waals surface area contributed by atoms with Crippen LogP contribution in [-0.4, -0.2) is 47.7 Å². The number of methoxy groups -OCH3 is 2. The van der Waals surface area contributed by atoms with Gasteiger partial charge in [-0.05, 0) is 17.7 Å². The van der Waals surface area contributed by atoms with Gasteiger partial charge in [-0.3, -0.25) is 9.59 Å². The largest absolute Gasteiger partial charge is 0.478 e. The van der Waals surface area contributed by atoms with Crippen molar-refractivity contribution in [3.05, 3.63) is 35.4 Å². The van der Waals surface area contributed by atoms with Gasteiger partial charge in [0.25, 0.3) is 0 Å². The monoisotopic (exact) mass is 342 g/mol. The van der Waals surface area contributed by atoms with E-state index in [-0.39, 0.29) is 10.1 Å². The Hall–Kier alpha value is -1.67. The molecule has 1 aromatic rings. The molecule has 118 valence electrons. The summed E-state index contributed by atoms with van der Waals surface area (Å²) in [6.07, 6.45) is 0. The summed E-state index contributed by atoms with van der Waals surface area (Å²) in [6, 6.07) is 6.36. The van der Waals surface area contributed by atoms with Crippen molar-refractivity contribution in [1.82, 2.24) is 0 Å². The Morgan fingerprint density at radius 3 is 1.77 bits per heavy atom. The molecule has 0 aliphatic carbocycles. The molecule has 0 aromatic heterocycles. The van der Waals surface area contributed by atoms with Crippen molar-refractivity contribution in [3.8, 4) is 0 Å². The molecule has 2 rings (SSSR count). The lowest BCUT2D eigenvalue weighted by atomic mass is 10.1. The molecule has 0 amide bonds. The van der Waals surface area contributed by atoms with Gasteiger partial charge in [-0.1, -0.05) is 12.1 Å². The predicted octanol–water partition coefficient (Wildman–Crippen LogP) is 1.95. The van der Waals surface area contributed by atoms with Crippen LogP contribution in [0.15, 0.2) is 24.3 Å². The zero-order valence-electron chi connectivity index (χ0n) is 11.8. The second-order valence-corrected chi connectivity index (χ2v) is 7.22. The molecule has 2 atom stereocenters. The smallest absolute Gasteiger partial charge is 0.335 e. The Bertz CT molecular complexity index is 562. The van der Waals surface area contributed by atoms with Gasteiger partial charge in [0.05, 0.1) is 24.4 Å². The van der Waals surface area contributed by atoms with E-state index >= 15 is 0 Å². The lowest BCUT2D eigenvalue weighted by molar-refractivity contribution is -0.145. The summed E-state index contributed by atoms with van der Waals surface area (Å²) in [4.78, 5) is 34.5. The number of benzene rings is 1. The molecule has 0 bridgehead atoms. The number of carbonyl (C=O) groups excluding carboxylic acids is 2. The molecule has 2 unspecified atom stereocenters. The standard InChI is InChI=1S/C14H14O6S2/c1-19-12(17)9-10(13(18)20-2)22-14(21-9)8-5-3-7(4-6-8)11(15)16/h3-6,9-10,14H,1-2H3,(H,15,16). The van der Waals surface area contributed by atoms with Gasteiger partial charge in [-0.2, -0.15) is 0 Å². The first-order chi connectivity index (χ1) is 10.5. The van der Waals surface area contributed by atoms with E-state index in [0.717, 1.165) is 5.56 Å². The summed E-state index contributed by atoms with van der Waals surface area (Å²) in [6.45, 7) is 0. The second kappa shape index (κ2) is 7.06. The van der Waals surface area contributed by atoms with Crippen molar-refractivity contribution in [2.24, 2.45) is 0 Å². The average molecular weight is 342 g/mol. The fourth-order valence-electron chi connectivity index (χ4n) is 1.97. The zero-order valence-corrected chi connectivity index (χ0v) is 13.5. The normalized spacial score (nSPS) is 23.8. The number of carboxylic acids is 1. The van der Waals surface area contributed by atoms with E-state index < -0.39 is 28.4 Å². The first kappa shape index (κ1) is 16.7. The molecule has 8 heteroatoms. The minimum atomic E-state index is -1.00. The van der Waals surface area contributed by atoms with Crippen LogP contribution in [0.5, 0.6) is 0 Å².